The van der Waals surface area contributed by atoms with Gasteiger partial charge in [0.1, 0.15) is 0 Å². The van der Waals surface area contributed by atoms with Crippen LogP contribution in [0.15, 0.2) is 0 Å². The Kier molecular flexibility index (Phi) is 26.3. The van der Waals surface area contributed by atoms with Gasteiger partial charge in [-0.3, -0.25) is 0 Å². The number of ether oxygens (including phenoxy) is 5. The second-order valence-corrected chi connectivity index (χ2v) is 23.0. The zero-order valence-electron chi connectivity index (χ0n) is 44.5. The molecule has 0 amide bonds. The molecular weight excluding hydrogens is 741 g/mol. The zero-order valence-corrected chi connectivity index (χ0v) is 44.5. The van der Waals surface area contributed by atoms with Gasteiger partial charge in [0, 0.05) is 0 Å². The van der Waals surface area contributed by atoms with Crippen molar-refractivity contribution < 1.29 is 23.7 Å². The van der Waals surface area contributed by atoms with E-state index in [0.29, 0.717) is 60.1 Å². The van der Waals surface area contributed by atoms with Gasteiger partial charge in [0.05, 0.1) is 58.5 Å². The summed E-state index contributed by atoms with van der Waals surface area (Å²) in [5.41, 5.74) is 1.12. The Hall–Kier alpha value is -0.200. The van der Waals surface area contributed by atoms with Crippen molar-refractivity contribution in [3.05, 3.63) is 0 Å². The number of hydrogen-bond acceptors (Lipinski definition) is 5. The van der Waals surface area contributed by atoms with Gasteiger partial charge in [0.25, 0.3) is 0 Å². The lowest BCUT2D eigenvalue weighted by atomic mass is 9.72. The topological polar surface area (TPSA) is 46.2 Å². The summed E-state index contributed by atoms with van der Waals surface area (Å²) in [6.07, 6.45) is 28.2. The summed E-state index contributed by atoms with van der Waals surface area (Å²) >= 11 is 0. The summed E-state index contributed by atoms with van der Waals surface area (Å²) < 4.78 is 30.2. The molecule has 60 heavy (non-hydrogen) atoms. The van der Waals surface area contributed by atoms with Gasteiger partial charge in [-0.2, -0.15) is 0 Å². The summed E-state index contributed by atoms with van der Waals surface area (Å²) in [5.74, 6) is 3.36. The Bertz CT molecular complexity index is 1060. The van der Waals surface area contributed by atoms with E-state index in [-0.39, 0.29) is 28.0 Å². The SMILES string of the molecule is CC(C)OC1(C(C)C)CC1.CC(C)OC1(C(C)C)CCC1.CC(C)OC1(C(C)C)CCCC1.CC(C)OC1(C(C)C)CCCCC1.CC(C)OC1(C(C)C)CCCCCC1. The molecule has 5 heteroatoms. The first kappa shape index (κ1) is 57.8. The maximum atomic E-state index is 6.22. The molecule has 0 heterocycles. The molecule has 0 unspecified atom stereocenters. The van der Waals surface area contributed by atoms with Crippen molar-refractivity contribution in [1.29, 1.82) is 0 Å². The van der Waals surface area contributed by atoms with Crippen LogP contribution in [0.4, 0.5) is 0 Å². The van der Waals surface area contributed by atoms with Crippen molar-refractivity contribution in [2.24, 2.45) is 29.6 Å². The second-order valence-electron chi connectivity index (χ2n) is 23.0. The fraction of sp³-hybridized carbons (Fsp3) is 1.00. The average Bonchev–Trinajstić information content (AvgIpc) is 3.81. The minimum absolute atomic E-state index is 0.185. The minimum atomic E-state index is 0.185. The molecule has 5 fully saturated rings. The van der Waals surface area contributed by atoms with Crippen molar-refractivity contribution >= 4 is 0 Å². The van der Waals surface area contributed by atoms with Gasteiger partial charge in [-0.25, -0.2) is 0 Å². The highest BCUT2D eigenvalue weighted by molar-refractivity contribution is 4.98. The maximum Gasteiger partial charge on any atom is 0.0710 e. The minimum Gasteiger partial charge on any atom is -0.372 e. The average molecular weight is 851 g/mol. The largest absolute Gasteiger partial charge is 0.372 e. The third kappa shape index (κ3) is 19.5. The van der Waals surface area contributed by atoms with Gasteiger partial charge in [0.2, 0.25) is 0 Å². The first-order valence-electron chi connectivity index (χ1n) is 26.2. The predicted molar refractivity (Wildman–Crippen MR) is 261 cm³/mol. The highest BCUT2D eigenvalue weighted by atomic mass is 16.5. The van der Waals surface area contributed by atoms with Crippen LogP contribution >= 0.6 is 0 Å². The van der Waals surface area contributed by atoms with Crippen LogP contribution in [0, 0.1) is 29.6 Å². The number of rotatable bonds is 15. The normalized spacial score (nSPS) is 22.5. The molecule has 5 rings (SSSR count). The molecule has 0 aromatic rings. The highest BCUT2D eigenvalue weighted by Crippen LogP contribution is 2.47. The highest BCUT2D eigenvalue weighted by Gasteiger charge is 2.47. The Morgan fingerprint density at radius 2 is 0.350 bits per heavy atom. The van der Waals surface area contributed by atoms with Crippen LogP contribution in [-0.4, -0.2) is 58.5 Å². The van der Waals surface area contributed by atoms with E-state index in [2.05, 4.69) is 138 Å². The van der Waals surface area contributed by atoms with E-state index in [9.17, 15) is 0 Å². The fourth-order valence-corrected chi connectivity index (χ4v) is 10.6. The smallest absolute Gasteiger partial charge is 0.0710 e. The van der Waals surface area contributed by atoms with Crippen molar-refractivity contribution in [1.82, 2.24) is 0 Å². The van der Waals surface area contributed by atoms with Crippen LogP contribution in [-0.2, 0) is 23.7 Å². The van der Waals surface area contributed by atoms with Crippen LogP contribution < -0.4 is 0 Å². The molecule has 0 saturated heterocycles. The van der Waals surface area contributed by atoms with Crippen molar-refractivity contribution in [3.63, 3.8) is 0 Å². The van der Waals surface area contributed by atoms with Crippen molar-refractivity contribution in [2.45, 2.75) is 325 Å². The Morgan fingerprint density at radius 3 is 0.467 bits per heavy atom. The molecule has 5 aliphatic carbocycles. The monoisotopic (exact) mass is 851 g/mol. The Labute approximate surface area is 377 Å². The van der Waals surface area contributed by atoms with Gasteiger partial charge in [-0.05, 0) is 169 Å². The standard InChI is InChI=1S/C13H26O.C12H24O.C11H22O.C10H20O.C9H18O/c1-11(2)13(14-12(3)4)9-7-5-6-8-10-13;1-10(2)12(13-11(3)4)8-6-5-7-9-12;1-9(2)11(12-10(3)4)7-5-6-8-11;1-8(2)10(6-5-7-10)11-9(3)4;1-7(2)9(5-6-9)10-8(3)4/h11-12H,5-10H2,1-4H3;10-11H,5-9H2,1-4H3;9-10H,5-8H2,1-4H3;8-9H,5-7H2,1-4H3;7-8H,5-6H2,1-4H3. The molecule has 360 valence electrons. The van der Waals surface area contributed by atoms with E-state index in [1.807, 2.05) is 0 Å². The van der Waals surface area contributed by atoms with E-state index in [0.717, 1.165) is 0 Å². The van der Waals surface area contributed by atoms with E-state index in [4.69, 9.17) is 23.7 Å². The van der Waals surface area contributed by atoms with Gasteiger partial charge in [-0.15, -0.1) is 0 Å². The van der Waals surface area contributed by atoms with Gasteiger partial charge in [0.15, 0.2) is 0 Å². The van der Waals surface area contributed by atoms with Crippen molar-refractivity contribution in [2.75, 3.05) is 0 Å². The first-order valence-corrected chi connectivity index (χ1v) is 26.2. The lowest BCUT2D eigenvalue weighted by Crippen LogP contribution is -2.46. The lowest BCUT2D eigenvalue weighted by Gasteiger charge is -2.46. The molecule has 5 saturated carbocycles. The molecule has 0 aliphatic heterocycles. The summed E-state index contributed by atoms with van der Waals surface area (Å²) in [6, 6.07) is 0. The third-order valence-electron chi connectivity index (χ3n) is 14.7. The molecule has 0 N–H and O–H groups in total. The summed E-state index contributed by atoms with van der Waals surface area (Å²) in [4.78, 5) is 0. The van der Waals surface area contributed by atoms with Crippen LogP contribution in [0.3, 0.4) is 0 Å². The molecule has 0 atom stereocenters. The van der Waals surface area contributed by atoms with E-state index in [1.54, 1.807) is 0 Å². The third-order valence-corrected chi connectivity index (χ3v) is 14.7. The molecule has 5 nitrogen and oxygen atoms in total. The van der Waals surface area contributed by atoms with Gasteiger partial charge in [-0.1, -0.05) is 127 Å². The summed E-state index contributed by atoms with van der Waals surface area (Å²) in [7, 11) is 0. The quantitative estimate of drug-likeness (QED) is 0.154. The zero-order chi connectivity index (χ0) is 46.0. The Balaban J connectivity index is 0.000000377. The molecule has 0 bridgehead atoms. The van der Waals surface area contributed by atoms with Crippen LogP contribution in [0.2, 0.25) is 0 Å². The molecule has 0 radical (unpaired) electrons. The van der Waals surface area contributed by atoms with Gasteiger partial charge >= 0.3 is 0 Å². The van der Waals surface area contributed by atoms with Gasteiger partial charge < -0.3 is 23.7 Å². The van der Waals surface area contributed by atoms with Crippen LogP contribution in [0.25, 0.3) is 0 Å². The molecule has 0 aromatic heterocycles. The maximum absolute atomic E-state index is 6.22. The predicted octanol–water partition coefficient (Wildman–Crippen LogP) is 16.9. The molecule has 5 aliphatic rings. The van der Waals surface area contributed by atoms with Crippen LogP contribution in [0.1, 0.15) is 267 Å². The van der Waals surface area contributed by atoms with E-state index >= 15 is 0 Å². The van der Waals surface area contributed by atoms with Crippen LogP contribution in [0.5, 0.6) is 0 Å². The van der Waals surface area contributed by atoms with E-state index < -0.39 is 0 Å². The summed E-state index contributed by atoms with van der Waals surface area (Å²) in [5, 5.41) is 0. The molecule has 0 spiro atoms. The number of hydrogen-bond donors (Lipinski definition) is 0. The lowest BCUT2D eigenvalue weighted by molar-refractivity contribution is -0.155. The van der Waals surface area contributed by atoms with Crippen molar-refractivity contribution in [3.8, 4) is 0 Å². The molecular formula is C55H110O5. The fourth-order valence-electron chi connectivity index (χ4n) is 10.6. The Morgan fingerprint density at radius 1 is 0.200 bits per heavy atom. The van der Waals surface area contributed by atoms with E-state index in [1.165, 1.54) is 128 Å². The molecule has 0 aromatic carbocycles. The first-order chi connectivity index (χ1) is 27.8. The summed E-state index contributed by atoms with van der Waals surface area (Å²) in [6.45, 7) is 44.2. The second kappa shape index (κ2) is 27.3.